The van der Waals surface area contributed by atoms with E-state index in [-0.39, 0.29) is 5.12 Å². The number of furan rings is 1. The van der Waals surface area contributed by atoms with Crippen LogP contribution in [-0.4, -0.2) is 5.12 Å². The second-order valence-corrected chi connectivity index (χ2v) is 6.81. The second-order valence-electron chi connectivity index (χ2n) is 5.68. The minimum absolute atomic E-state index is 0.131. The first kappa shape index (κ1) is 14.9. The predicted octanol–water partition coefficient (Wildman–Crippen LogP) is 5.22. The molecule has 3 rings (SSSR count). The van der Waals surface area contributed by atoms with Crippen LogP contribution >= 0.6 is 11.8 Å². The first-order chi connectivity index (χ1) is 10.5. The van der Waals surface area contributed by atoms with E-state index in [2.05, 4.69) is 13.0 Å². The maximum absolute atomic E-state index is 12.3. The molecule has 0 radical (unpaired) electrons. The molecule has 112 valence electrons. The van der Waals surface area contributed by atoms with Crippen molar-refractivity contribution in [2.45, 2.75) is 32.1 Å². The third-order valence-corrected chi connectivity index (χ3v) is 4.56. The van der Waals surface area contributed by atoms with Crippen LogP contribution in [0, 0.1) is 20.8 Å². The fourth-order valence-corrected chi connectivity index (χ4v) is 3.45. The zero-order valence-electron chi connectivity index (χ0n) is 13.0. The van der Waals surface area contributed by atoms with Crippen LogP contribution in [0.4, 0.5) is 0 Å². The lowest BCUT2D eigenvalue weighted by molar-refractivity contribution is -0.110. The Balaban J connectivity index is 1.81. The fourth-order valence-electron chi connectivity index (χ4n) is 2.69. The maximum Gasteiger partial charge on any atom is 0.198 e. The molecule has 0 unspecified atom stereocenters. The average molecular weight is 310 g/mol. The Labute approximate surface area is 134 Å². The first-order valence-corrected chi connectivity index (χ1v) is 8.09. The van der Waals surface area contributed by atoms with Crippen molar-refractivity contribution in [3.05, 3.63) is 64.9 Å². The molecule has 0 bridgehead atoms. The van der Waals surface area contributed by atoms with Crippen LogP contribution in [0.2, 0.25) is 0 Å². The van der Waals surface area contributed by atoms with E-state index in [1.54, 1.807) is 6.26 Å². The number of fused-ring (bicyclic) bond motifs is 1. The smallest absolute Gasteiger partial charge is 0.198 e. The standard InChI is InChI=1S/C19H18O2S/c1-12-4-6-16(7-5-12)22-18(20)10-15-11-21-17-9-13(2)8-14(3)19(15)17/h4-9,11H,10H2,1-3H3. The summed E-state index contributed by atoms with van der Waals surface area (Å²) in [5, 5.41) is 1.20. The Morgan fingerprint density at radius 2 is 1.77 bits per heavy atom. The van der Waals surface area contributed by atoms with Gasteiger partial charge in [-0.05, 0) is 50.1 Å². The van der Waals surface area contributed by atoms with Crippen molar-refractivity contribution in [2.24, 2.45) is 0 Å². The number of hydrogen-bond donors (Lipinski definition) is 0. The summed E-state index contributed by atoms with van der Waals surface area (Å²) in [6.07, 6.45) is 2.10. The molecule has 2 aromatic carbocycles. The molecule has 0 saturated carbocycles. The lowest BCUT2D eigenvalue weighted by Gasteiger charge is -2.03. The molecule has 3 heteroatoms. The fraction of sp³-hybridized carbons (Fsp3) is 0.211. The van der Waals surface area contributed by atoms with Gasteiger partial charge in [-0.3, -0.25) is 4.79 Å². The van der Waals surface area contributed by atoms with E-state index in [1.807, 2.05) is 44.2 Å². The van der Waals surface area contributed by atoms with Crippen LogP contribution in [0.5, 0.6) is 0 Å². The Bertz CT molecular complexity index is 829. The lowest BCUT2D eigenvalue weighted by atomic mass is 10.0. The highest BCUT2D eigenvalue weighted by Crippen LogP contribution is 2.29. The summed E-state index contributed by atoms with van der Waals surface area (Å²) < 4.78 is 5.62. The van der Waals surface area contributed by atoms with Gasteiger partial charge in [-0.15, -0.1) is 0 Å². The van der Waals surface area contributed by atoms with Gasteiger partial charge in [-0.25, -0.2) is 0 Å². The zero-order valence-corrected chi connectivity index (χ0v) is 13.8. The van der Waals surface area contributed by atoms with Crippen molar-refractivity contribution in [3.8, 4) is 0 Å². The van der Waals surface area contributed by atoms with Crippen LogP contribution < -0.4 is 0 Å². The SMILES string of the molecule is Cc1ccc(SC(=O)Cc2coc3cc(C)cc(C)c23)cc1. The van der Waals surface area contributed by atoms with Crippen LogP contribution in [0.1, 0.15) is 22.3 Å². The maximum atomic E-state index is 12.3. The highest BCUT2D eigenvalue weighted by molar-refractivity contribution is 8.13. The van der Waals surface area contributed by atoms with E-state index in [4.69, 9.17) is 4.42 Å². The number of hydrogen-bond acceptors (Lipinski definition) is 3. The number of thioether (sulfide) groups is 1. The molecule has 22 heavy (non-hydrogen) atoms. The number of aryl methyl sites for hydroxylation is 3. The summed E-state index contributed by atoms with van der Waals surface area (Å²) in [6.45, 7) is 6.15. The van der Waals surface area contributed by atoms with Gasteiger partial charge in [-0.2, -0.15) is 0 Å². The summed E-state index contributed by atoms with van der Waals surface area (Å²) in [7, 11) is 0. The van der Waals surface area contributed by atoms with Gasteiger partial charge in [0, 0.05) is 22.3 Å². The van der Waals surface area contributed by atoms with E-state index in [0.717, 1.165) is 27.0 Å². The van der Waals surface area contributed by atoms with E-state index < -0.39 is 0 Å². The molecule has 0 fully saturated rings. The molecule has 0 spiro atoms. The van der Waals surface area contributed by atoms with Crippen LogP contribution in [0.3, 0.4) is 0 Å². The van der Waals surface area contributed by atoms with E-state index >= 15 is 0 Å². The third kappa shape index (κ3) is 3.09. The average Bonchev–Trinajstić information content (AvgIpc) is 2.84. The summed E-state index contributed by atoms with van der Waals surface area (Å²) >= 11 is 1.29. The molecule has 0 N–H and O–H groups in total. The Morgan fingerprint density at radius 1 is 1.05 bits per heavy atom. The summed E-state index contributed by atoms with van der Waals surface area (Å²) in [5.74, 6) is 0. The normalized spacial score (nSPS) is 11.0. The number of rotatable bonds is 3. The Hall–Kier alpha value is -2.00. The van der Waals surface area contributed by atoms with E-state index in [0.29, 0.717) is 6.42 Å². The molecule has 0 aliphatic carbocycles. The third-order valence-electron chi connectivity index (χ3n) is 3.68. The van der Waals surface area contributed by atoms with Crippen LogP contribution in [0.15, 0.2) is 52.0 Å². The van der Waals surface area contributed by atoms with E-state index in [1.165, 1.54) is 22.9 Å². The predicted molar refractivity (Wildman–Crippen MR) is 91.4 cm³/mol. The molecule has 0 aliphatic heterocycles. The van der Waals surface area contributed by atoms with Gasteiger partial charge in [0.2, 0.25) is 0 Å². The summed E-state index contributed by atoms with van der Waals surface area (Å²) in [6, 6.07) is 12.2. The number of carbonyl (C=O) groups excluding carboxylic acids is 1. The minimum atomic E-state index is 0.131. The van der Waals surface area contributed by atoms with Crippen LogP contribution in [0.25, 0.3) is 11.0 Å². The molecular formula is C19H18O2S. The molecule has 0 amide bonds. The molecule has 3 aromatic rings. The van der Waals surface area contributed by atoms with Crippen molar-refractivity contribution >= 4 is 27.8 Å². The second kappa shape index (κ2) is 6.01. The van der Waals surface area contributed by atoms with Crippen molar-refractivity contribution in [2.75, 3.05) is 0 Å². The highest BCUT2D eigenvalue weighted by atomic mass is 32.2. The quantitative estimate of drug-likeness (QED) is 0.621. The van der Waals surface area contributed by atoms with Crippen LogP contribution in [-0.2, 0) is 11.2 Å². The summed E-state index contributed by atoms with van der Waals surface area (Å²) in [5.41, 5.74) is 5.36. The Kier molecular flexibility index (Phi) is 4.08. The van der Waals surface area contributed by atoms with Crippen molar-refractivity contribution < 1.29 is 9.21 Å². The van der Waals surface area contributed by atoms with Gasteiger partial charge in [0.1, 0.15) is 5.58 Å². The van der Waals surface area contributed by atoms with E-state index in [9.17, 15) is 4.79 Å². The monoisotopic (exact) mass is 310 g/mol. The molecule has 2 nitrogen and oxygen atoms in total. The first-order valence-electron chi connectivity index (χ1n) is 7.27. The number of carbonyl (C=O) groups is 1. The molecule has 0 saturated heterocycles. The van der Waals surface area contributed by atoms with Crippen molar-refractivity contribution in [1.82, 2.24) is 0 Å². The molecule has 1 aromatic heterocycles. The van der Waals surface area contributed by atoms with Gasteiger partial charge < -0.3 is 4.42 Å². The molecule has 1 heterocycles. The summed E-state index contributed by atoms with van der Waals surface area (Å²) in [4.78, 5) is 13.3. The van der Waals surface area contributed by atoms with Crippen molar-refractivity contribution in [1.29, 1.82) is 0 Å². The topological polar surface area (TPSA) is 30.2 Å². The Morgan fingerprint density at radius 3 is 2.50 bits per heavy atom. The lowest BCUT2D eigenvalue weighted by Crippen LogP contribution is -1.97. The molecule has 0 atom stereocenters. The van der Waals surface area contributed by atoms with Gasteiger partial charge >= 0.3 is 0 Å². The van der Waals surface area contributed by atoms with Gasteiger partial charge in [0.05, 0.1) is 6.26 Å². The van der Waals surface area contributed by atoms with Crippen molar-refractivity contribution in [3.63, 3.8) is 0 Å². The number of benzene rings is 2. The molecule has 0 aliphatic rings. The minimum Gasteiger partial charge on any atom is -0.464 e. The van der Waals surface area contributed by atoms with Gasteiger partial charge in [-0.1, -0.05) is 35.5 Å². The highest BCUT2D eigenvalue weighted by Gasteiger charge is 2.14. The molecular weight excluding hydrogens is 292 g/mol. The zero-order chi connectivity index (χ0) is 15.7. The largest absolute Gasteiger partial charge is 0.464 e. The van der Waals surface area contributed by atoms with Gasteiger partial charge in [0.15, 0.2) is 5.12 Å². The van der Waals surface area contributed by atoms with Gasteiger partial charge in [0.25, 0.3) is 0 Å².